The zero-order valence-electron chi connectivity index (χ0n) is 16.6. The Morgan fingerprint density at radius 1 is 1.14 bits per heavy atom. The second-order valence-corrected chi connectivity index (χ2v) is 7.86. The lowest BCUT2D eigenvalue weighted by atomic mass is 10.3. The first-order valence-corrected chi connectivity index (χ1v) is 10.2. The van der Waals surface area contributed by atoms with Crippen molar-refractivity contribution in [3.63, 3.8) is 0 Å². The fourth-order valence-electron chi connectivity index (χ4n) is 3.39. The van der Waals surface area contributed by atoms with Gasteiger partial charge in [-0.05, 0) is 45.7 Å². The van der Waals surface area contributed by atoms with Crippen LogP contribution in [-0.4, -0.2) is 57.8 Å². The van der Waals surface area contributed by atoms with Crippen molar-refractivity contribution in [2.24, 2.45) is 0 Å². The van der Waals surface area contributed by atoms with E-state index in [9.17, 15) is 0 Å². The number of hydrogen-bond acceptors (Lipinski definition) is 7. The van der Waals surface area contributed by atoms with E-state index in [4.69, 9.17) is 0 Å². The lowest BCUT2D eigenvalue weighted by Gasteiger charge is -2.16. The highest BCUT2D eigenvalue weighted by Gasteiger charge is 2.25. The number of likely N-dealkylation sites (tertiary alicyclic amines) is 1. The molecule has 2 fully saturated rings. The van der Waals surface area contributed by atoms with Crippen LogP contribution in [0.3, 0.4) is 0 Å². The normalized spacial score (nSPS) is 16.9. The maximum absolute atomic E-state index is 4.59. The smallest absolute Gasteiger partial charge is 0.226 e. The SMILES string of the molecule is C=C(C)CNc1nc(NCCN2CCCC2)cc(Nc2cc(C3CC3)[nH]n2)n1. The number of nitrogens with zero attached hydrogens (tertiary/aromatic N) is 4. The predicted molar refractivity (Wildman–Crippen MR) is 113 cm³/mol. The van der Waals surface area contributed by atoms with Crippen molar-refractivity contribution in [3.8, 4) is 0 Å². The number of aromatic amines is 1. The van der Waals surface area contributed by atoms with Crippen LogP contribution >= 0.6 is 0 Å². The summed E-state index contributed by atoms with van der Waals surface area (Å²) in [6, 6.07) is 4.00. The van der Waals surface area contributed by atoms with E-state index in [1.165, 1.54) is 44.5 Å². The first-order chi connectivity index (χ1) is 13.7. The molecule has 8 heteroatoms. The van der Waals surface area contributed by atoms with E-state index < -0.39 is 0 Å². The second-order valence-electron chi connectivity index (χ2n) is 7.86. The minimum atomic E-state index is 0.578. The number of anilines is 4. The summed E-state index contributed by atoms with van der Waals surface area (Å²) in [6.45, 7) is 10.9. The lowest BCUT2D eigenvalue weighted by molar-refractivity contribution is 0.352. The fourth-order valence-corrected chi connectivity index (χ4v) is 3.39. The topological polar surface area (TPSA) is 93.8 Å². The average Bonchev–Trinajstić information content (AvgIpc) is 3.19. The lowest BCUT2D eigenvalue weighted by Crippen LogP contribution is -2.26. The summed E-state index contributed by atoms with van der Waals surface area (Å²) >= 11 is 0. The summed E-state index contributed by atoms with van der Waals surface area (Å²) in [5.41, 5.74) is 2.23. The Hall–Kier alpha value is -2.61. The number of hydrogen-bond donors (Lipinski definition) is 4. The molecule has 0 bridgehead atoms. The van der Waals surface area contributed by atoms with E-state index in [2.05, 4.69) is 53.7 Å². The van der Waals surface area contributed by atoms with Crippen LogP contribution in [0, 0.1) is 0 Å². The van der Waals surface area contributed by atoms with Gasteiger partial charge in [0.15, 0.2) is 5.82 Å². The molecule has 1 aliphatic carbocycles. The zero-order valence-corrected chi connectivity index (χ0v) is 16.6. The van der Waals surface area contributed by atoms with Crippen LogP contribution < -0.4 is 16.0 Å². The van der Waals surface area contributed by atoms with Crippen LogP contribution in [-0.2, 0) is 0 Å². The van der Waals surface area contributed by atoms with Crippen molar-refractivity contribution >= 4 is 23.4 Å². The van der Waals surface area contributed by atoms with Crippen molar-refractivity contribution < 1.29 is 0 Å². The molecule has 28 heavy (non-hydrogen) atoms. The molecule has 2 aromatic rings. The molecule has 2 aliphatic rings. The van der Waals surface area contributed by atoms with Crippen molar-refractivity contribution in [3.05, 3.63) is 30.0 Å². The maximum Gasteiger partial charge on any atom is 0.226 e. The van der Waals surface area contributed by atoms with E-state index in [0.717, 1.165) is 36.1 Å². The summed E-state index contributed by atoms with van der Waals surface area (Å²) in [4.78, 5) is 11.7. The third-order valence-corrected chi connectivity index (χ3v) is 5.08. The monoisotopic (exact) mass is 382 g/mol. The highest BCUT2D eigenvalue weighted by atomic mass is 15.2. The maximum atomic E-state index is 4.59. The molecule has 0 unspecified atom stereocenters. The third kappa shape index (κ3) is 5.22. The van der Waals surface area contributed by atoms with Crippen LogP contribution in [0.15, 0.2) is 24.3 Å². The van der Waals surface area contributed by atoms with Gasteiger partial charge < -0.3 is 20.9 Å². The summed E-state index contributed by atoms with van der Waals surface area (Å²) in [6.07, 6.45) is 5.11. The Balaban J connectivity index is 1.42. The van der Waals surface area contributed by atoms with Gasteiger partial charge in [-0.15, -0.1) is 0 Å². The van der Waals surface area contributed by atoms with E-state index >= 15 is 0 Å². The summed E-state index contributed by atoms with van der Waals surface area (Å²) in [5.74, 6) is 3.53. The molecule has 1 aliphatic heterocycles. The Bertz CT molecular complexity index is 804. The summed E-state index contributed by atoms with van der Waals surface area (Å²) < 4.78 is 0. The van der Waals surface area contributed by atoms with Gasteiger partial charge in [-0.1, -0.05) is 12.2 Å². The van der Waals surface area contributed by atoms with Gasteiger partial charge in [0, 0.05) is 43.4 Å². The highest BCUT2D eigenvalue weighted by Crippen LogP contribution is 2.39. The number of rotatable bonds is 10. The molecule has 150 valence electrons. The van der Waals surface area contributed by atoms with Gasteiger partial charge in [-0.3, -0.25) is 5.10 Å². The van der Waals surface area contributed by atoms with Gasteiger partial charge in [0.05, 0.1) is 0 Å². The number of nitrogens with one attached hydrogen (secondary N) is 4. The van der Waals surface area contributed by atoms with Gasteiger partial charge in [0.2, 0.25) is 5.95 Å². The molecule has 0 atom stereocenters. The minimum absolute atomic E-state index is 0.578. The van der Waals surface area contributed by atoms with Crippen LogP contribution in [0.1, 0.15) is 44.2 Å². The summed E-state index contributed by atoms with van der Waals surface area (Å²) in [7, 11) is 0. The Labute approximate surface area is 166 Å². The van der Waals surface area contributed by atoms with Crippen molar-refractivity contribution in [1.29, 1.82) is 0 Å². The Morgan fingerprint density at radius 3 is 2.68 bits per heavy atom. The Morgan fingerprint density at radius 2 is 1.93 bits per heavy atom. The van der Waals surface area contributed by atoms with Crippen molar-refractivity contribution in [2.45, 2.75) is 38.5 Å². The van der Waals surface area contributed by atoms with Crippen LogP contribution in [0.5, 0.6) is 0 Å². The number of H-pyrrole nitrogens is 1. The molecule has 4 rings (SSSR count). The molecule has 0 aromatic carbocycles. The molecule has 8 nitrogen and oxygen atoms in total. The first-order valence-electron chi connectivity index (χ1n) is 10.2. The zero-order chi connectivity index (χ0) is 19.3. The molecular formula is C20H30N8. The largest absolute Gasteiger partial charge is 0.369 e. The van der Waals surface area contributed by atoms with Gasteiger partial charge in [0.25, 0.3) is 0 Å². The van der Waals surface area contributed by atoms with Gasteiger partial charge >= 0.3 is 0 Å². The molecule has 1 saturated carbocycles. The predicted octanol–water partition coefficient (Wildman–Crippen LogP) is 3.32. The molecular weight excluding hydrogens is 352 g/mol. The van der Waals surface area contributed by atoms with E-state index in [1.54, 1.807) is 0 Å². The summed E-state index contributed by atoms with van der Waals surface area (Å²) in [5, 5.41) is 17.5. The molecule has 0 amide bonds. The van der Waals surface area contributed by atoms with E-state index in [-0.39, 0.29) is 0 Å². The second kappa shape index (κ2) is 8.60. The number of aromatic nitrogens is 4. The highest BCUT2D eigenvalue weighted by molar-refractivity contribution is 5.59. The average molecular weight is 383 g/mol. The van der Waals surface area contributed by atoms with Gasteiger partial charge in [-0.25, -0.2) is 0 Å². The first kappa shape index (κ1) is 18.7. The van der Waals surface area contributed by atoms with E-state index in [0.29, 0.717) is 18.4 Å². The third-order valence-electron chi connectivity index (χ3n) is 5.08. The molecule has 3 heterocycles. The van der Waals surface area contributed by atoms with Crippen LogP contribution in [0.25, 0.3) is 0 Å². The fraction of sp³-hybridized carbons (Fsp3) is 0.550. The molecule has 0 spiro atoms. The quantitative estimate of drug-likeness (QED) is 0.468. The van der Waals surface area contributed by atoms with Crippen molar-refractivity contribution in [1.82, 2.24) is 25.1 Å². The minimum Gasteiger partial charge on any atom is -0.369 e. The standard InChI is InChI=1S/C20H30N8/c1-14(2)13-22-20-24-17(21-7-10-28-8-3-4-9-28)12-18(25-20)23-19-11-16(26-27-19)15-5-6-15/h11-12,15H,1,3-10,13H2,2H3,(H4,21,22,23,24,25,26,27). The Kier molecular flexibility index (Phi) is 5.76. The van der Waals surface area contributed by atoms with Crippen molar-refractivity contribution in [2.75, 3.05) is 48.7 Å². The molecule has 1 saturated heterocycles. The molecule has 0 radical (unpaired) electrons. The van der Waals surface area contributed by atoms with E-state index in [1.807, 2.05) is 13.0 Å². The van der Waals surface area contributed by atoms with Gasteiger partial charge in [0.1, 0.15) is 11.6 Å². The molecule has 4 N–H and O–H groups in total. The van der Waals surface area contributed by atoms with Crippen LogP contribution in [0.4, 0.5) is 23.4 Å². The van der Waals surface area contributed by atoms with Gasteiger partial charge in [-0.2, -0.15) is 15.1 Å². The van der Waals surface area contributed by atoms with Crippen LogP contribution in [0.2, 0.25) is 0 Å². The molecule has 2 aromatic heterocycles.